The summed E-state index contributed by atoms with van der Waals surface area (Å²) in [6.07, 6.45) is -2.39. The standard InChI is InChI=1S/C12H21F3N2S2/c13-12(14,15)9-17-3-1-10(2-4-17)16-7-11-8-18-5-6-19-11/h10-11,16H,1-9H2. The highest BCUT2D eigenvalue weighted by molar-refractivity contribution is 8.06. The van der Waals surface area contributed by atoms with Crippen LogP contribution in [-0.4, -0.2) is 65.8 Å². The van der Waals surface area contributed by atoms with Crippen LogP contribution in [0, 0.1) is 0 Å². The molecule has 2 heterocycles. The first-order chi connectivity index (χ1) is 9.03. The minimum atomic E-state index is -4.06. The van der Waals surface area contributed by atoms with E-state index < -0.39 is 12.7 Å². The molecule has 0 aromatic rings. The van der Waals surface area contributed by atoms with E-state index in [1.807, 2.05) is 23.5 Å². The number of piperidine rings is 1. The fraction of sp³-hybridized carbons (Fsp3) is 1.00. The highest BCUT2D eigenvalue weighted by Gasteiger charge is 2.32. The van der Waals surface area contributed by atoms with Crippen molar-refractivity contribution in [3.8, 4) is 0 Å². The number of hydrogen-bond donors (Lipinski definition) is 1. The van der Waals surface area contributed by atoms with Crippen molar-refractivity contribution < 1.29 is 13.2 Å². The molecule has 2 aliphatic rings. The van der Waals surface area contributed by atoms with Crippen molar-refractivity contribution in [3.63, 3.8) is 0 Å². The average Bonchev–Trinajstić information content (AvgIpc) is 2.37. The summed E-state index contributed by atoms with van der Waals surface area (Å²) < 4.78 is 36.8. The van der Waals surface area contributed by atoms with Gasteiger partial charge in [0.1, 0.15) is 0 Å². The Bertz CT molecular complexity index is 262. The molecule has 0 saturated carbocycles. The van der Waals surface area contributed by atoms with Crippen LogP contribution in [-0.2, 0) is 0 Å². The molecule has 1 N–H and O–H groups in total. The van der Waals surface area contributed by atoms with Gasteiger partial charge in [-0.25, -0.2) is 0 Å². The van der Waals surface area contributed by atoms with Crippen LogP contribution in [0.5, 0.6) is 0 Å². The molecule has 1 atom stereocenters. The van der Waals surface area contributed by atoms with Crippen LogP contribution < -0.4 is 5.32 Å². The van der Waals surface area contributed by atoms with Crippen LogP contribution in [0.2, 0.25) is 0 Å². The molecule has 2 aliphatic heterocycles. The van der Waals surface area contributed by atoms with Crippen molar-refractivity contribution in [2.45, 2.75) is 30.3 Å². The van der Waals surface area contributed by atoms with Gasteiger partial charge in [0.2, 0.25) is 0 Å². The summed E-state index contributed by atoms with van der Waals surface area (Å²) in [4.78, 5) is 1.52. The second kappa shape index (κ2) is 7.43. The predicted molar refractivity (Wildman–Crippen MR) is 77.1 cm³/mol. The quantitative estimate of drug-likeness (QED) is 0.857. The molecular formula is C12H21F3N2S2. The number of likely N-dealkylation sites (tertiary alicyclic amines) is 1. The molecule has 0 amide bonds. The topological polar surface area (TPSA) is 15.3 Å². The number of thioether (sulfide) groups is 2. The maximum Gasteiger partial charge on any atom is 0.401 e. The molecule has 2 rings (SSSR count). The lowest BCUT2D eigenvalue weighted by molar-refractivity contribution is -0.148. The summed E-state index contributed by atoms with van der Waals surface area (Å²) in [5.74, 6) is 3.67. The first-order valence-corrected chi connectivity index (χ1v) is 8.95. The molecule has 0 aromatic heterocycles. The first-order valence-electron chi connectivity index (χ1n) is 6.75. The van der Waals surface area contributed by atoms with Gasteiger partial charge in [0.05, 0.1) is 6.54 Å². The van der Waals surface area contributed by atoms with E-state index in [9.17, 15) is 13.2 Å². The molecule has 0 bridgehead atoms. The van der Waals surface area contributed by atoms with Gasteiger partial charge in [-0.15, -0.1) is 0 Å². The van der Waals surface area contributed by atoms with E-state index in [-0.39, 0.29) is 0 Å². The Labute approximate surface area is 121 Å². The zero-order valence-electron chi connectivity index (χ0n) is 10.9. The number of rotatable bonds is 4. The van der Waals surface area contributed by atoms with Crippen LogP contribution in [0.15, 0.2) is 0 Å². The number of nitrogens with zero attached hydrogens (tertiary/aromatic N) is 1. The van der Waals surface area contributed by atoms with Gasteiger partial charge < -0.3 is 5.32 Å². The number of hydrogen-bond acceptors (Lipinski definition) is 4. The molecular weight excluding hydrogens is 293 g/mol. The van der Waals surface area contributed by atoms with Crippen molar-refractivity contribution >= 4 is 23.5 Å². The molecule has 0 radical (unpaired) electrons. The van der Waals surface area contributed by atoms with Crippen molar-refractivity contribution in [3.05, 3.63) is 0 Å². The first kappa shape index (κ1) is 15.8. The third kappa shape index (κ3) is 6.14. The lowest BCUT2D eigenvalue weighted by Gasteiger charge is -2.33. The SMILES string of the molecule is FC(F)(F)CN1CCC(NCC2CSCCS2)CC1. The van der Waals surface area contributed by atoms with Crippen LogP contribution in [0.4, 0.5) is 13.2 Å². The van der Waals surface area contributed by atoms with E-state index in [1.165, 1.54) is 22.2 Å². The Balaban J connectivity index is 1.60. The minimum absolute atomic E-state index is 0.400. The number of alkyl halides is 3. The van der Waals surface area contributed by atoms with Crippen molar-refractivity contribution in [1.29, 1.82) is 0 Å². The summed E-state index contributed by atoms with van der Waals surface area (Å²) in [5.41, 5.74) is 0. The summed E-state index contributed by atoms with van der Waals surface area (Å²) in [7, 11) is 0. The van der Waals surface area contributed by atoms with Gasteiger partial charge >= 0.3 is 6.18 Å². The molecule has 0 spiro atoms. The summed E-state index contributed by atoms with van der Waals surface area (Å²) >= 11 is 4.02. The fourth-order valence-electron chi connectivity index (χ4n) is 2.50. The van der Waals surface area contributed by atoms with Crippen molar-refractivity contribution in [2.24, 2.45) is 0 Å². The highest BCUT2D eigenvalue weighted by atomic mass is 32.2. The van der Waals surface area contributed by atoms with E-state index in [0.29, 0.717) is 24.4 Å². The second-order valence-electron chi connectivity index (χ2n) is 5.14. The summed E-state index contributed by atoms with van der Waals surface area (Å²) in [6.45, 7) is 1.36. The second-order valence-corrected chi connectivity index (χ2v) is 7.70. The van der Waals surface area contributed by atoms with Gasteiger partial charge in [0.15, 0.2) is 0 Å². The Hall–Kier alpha value is 0.410. The Morgan fingerprint density at radius 3 is 2.47 bits per heavy atom. The van der Waals surface area contributed by atoms with Gasteiger partial charge in [-0.3, -0.25) is 4.90 Å². The Kier molecular flexibility index (Phi) is 6.17. The average molecular weight is 314 g/mol. The van der Waals surface area contributed by atoms with Crippen LogP contribution in [0.1, 0.15) is 12.8 Å². The predicted octanol–water partition coefficient (Wildman–Crippen LogP) is 2.45. The summed E-state index contributed by atoms with van der Waals surface area (Å²) in [5, 5.41) is 4.21. The van der Waals surface area contributed by atoms with E-state index in [4.69, 9.17) is 0 Å². The van der Waals surface area contributed by atoms with Gasteiger partial charge in [-0.1, -0.05) is 0 Å². The van der Waals surface area contributed by atoms with Gasteiger partial charge in [0, 0.05) is 35.1 Å². The summed E-state index contributed by atoms with van der Waals surface area (Å²) in [6, 6.07) is 0.400. The lowest BCUT2D eigenvalue weighted by atomic mass is 10.1. The maximum absolute atomic E-state index is 12.3. The third-order valence-electron chi connectivity index (χ3n) is 3.51. The molecule has 19 heavy (non-hydrogen) atoms. The van der Waals surface area contributed by atoms with E-state index in [0.717, 1.165) is 19.4 Å². The van der Waals surface area contributed by atoms with Gasteiger partial charge in [-0.2, -0.15) is 36.7 Å². The Morgan fingerprint density at radius 2 is 1.89 bits per heavy atom. The molecule has 2 saturated heterocycles. The molecule has 2 fully saturated rings. The van der Waals surface area contributed by atoms with Crippen LogP contribution >= 0.6 is 23.5 Å². The molecule has 1 unspecified atom stereocenters. The third-order valence-corrected chi connectivity index (χ3v) is 6.35. The zero-order valence-corrected chi connectivity index (χ0v) is 12.5. The minimum Gasteiger partial charge on any atom is -0.313 e. The molecule has 7 heteroatoms. The van der Waals surface area contributed by atoms with Crippen LogP contribution in [0.3, 0.4) is 0 Å². The van der Waals surface area contributed by atoms with Crippen molar-refractivity contribution in [1.82, 2.24) is 10.2 Å². The Morgan fingerprint density at radius 1 is 1.16 bits per heavy atom. The van der Waals surface area contributed by atoms with Gasteiger partial charge in [-0.05, 0) is 25.9 Å². The van der Waals surface area contributed by atoms with E-state index in [1.54, 1.807) is 0 Å². The molecule has 112 valence electrons. The monoisotopic (exact) mass is 314 g/mol. The molecule has 2 nitrogen and oxygen atoms in total. The molecule has 0 aliphatic carbocycles. The van der Waals surface area contributed by atoms with Crippen molar-refractivity contribution in [2.75, 3.05) is 43.4 Å². The van der Waals surface area contributed by atoms with Crippen LogP contribution in [0.25, 0.3) is 0 Å². The normalized spacial score (nSPS) is 27.6. The van der Waals surface area contributed by atoms with Gasteiger partial charge in [0.25, 0.3) is 0 Å². The number of halogens is 3. The highest BCUT2D eigenvalue weighted by Crippen LogP contribution is 2.24. The largest absolute Gasteiger partial charge is 0.401 e. The maximum atomic E-state index is 12.3. The fourth-order valence-corrected chi connectivity index (χ4v) is 5.13. The van der Waals surface area contributed by atoms with E-state index >= 15 is 0 Å². The lowest BCUT2D eigenvalue weighted by Crippen LogP contribution is -2.47. The smallest absolute Gasteiger partial charge is 0.313 e. The zero-order chi connectivity index (χ0) is 13.7. The molecule has 0 aromatic carbocycles. The number of nitrogens with one attached hydrogen (secondary N) is 1. The van der Waals surface area contributed by atoms with E-state index in [2.05, 4.69) is 5.32 Å².